The molecule has 0 atom stereocenters. The van der Waals surface area contributed by atoms with Gasteiger partial charge < -0.3 is 0 Å². The molecule has 0 N–H and O–H groups in total. The minimum atomic E-state index is -0.236. The normalized spacial score (nSPS) is 11.3. The Labute approximate surface area is 126 Å². The highest BCUT2D eigenvalue weighted by Crippen LogP contribution is 2.26. The number of alkyl halides is 1. The van der Waals surface area contributed by atoms with Crippen LogP contribution in [-0.4, -0.2) is 9.55 Å². The van der Waals surface area contributed by atoms with Gasteiger partial charge in [0, 0.05) is 11.4 Å². The minimum Gasteiger partial charge on any atom is -0.294 e. The number of rotatable bonds is 2. The fourth-order valence-corrected chi connectivity index (χ4v) is 3.13. The Hall–Kier alpha value is -0.660. The quantitative estimate of drug-likeness (QED) is 0.461. The van der Waals surface area contributed by atoms with Crippen LogP contribution in [0.1, 0.15) is 5.82 Å². The van der Waals surface area contributed by atoms with Gasteiger partial charge in [-0.25, -0.2) is 9.37 Å². The van der Waals surface area contributed by atoms with E-state index < -0.39 is 0 Å². The number of aromatic nitrogens is 2. The van der Waals surface area contributed by atoms with Crippen LogP contribution in [-0.2, 0) is 5.88 Å². The van der Waals surface area contributed by atoms with Gasteiger partial charge in [0.25, 0.3) is 0 Å². The summed E-state index contributed by atoms with van der Waals surface area (Å²) in [7, 11) is 0. The Morgan fingerprint density at radius 2 is 2.28 bits per heavy atom. The van der Waals surface area contributed by atoms with E-state index >= 15 is 0 Å². The lowest BCUT2D eigenvalue weighted by atomic mass is 10.3. The lowest BCUT2D eigenvalue weighted by molar-refractivity contribution is 0.622. The Bertz CT molecular complexity index is 709. The zero-order valence-corrected chi connectivity index (χ0v) is 12.8. The first kappa shape index (κ1) is 12.4. The molecule has 6 heteroatoms. The Kier molecular flexibility index (Phi) is 3.29. The standard InChI is InChI=1S/C12H7ClFIN2S/c13-5-12-16-10-4-9(15)8(14)3-11(10)17(12)7-1-2-18-6-7/h1-4,6H,5H2. The van der Waals surface area contributed by atoms with Crippen molar-refractivity contribution < 1.29 is 4.39 Å². The summed E-state index contributed by atoms with van der Waals surface area (Å²) >= 11 is 9.47. The Morgan fingerprint density at radius 1 is 1.44 bits per heavy atom. The molecular weight excluding hydrogens is 386 g/mol. The zero-order valence-electron chi connectivity index (χ0n) is 9.03. The molecule has 0 aliphatic carbocycles. The number of benzene rings is 1. The fraction of sp³-hybridized carbons (Fsp3) is 0.0833. The molecule has 0 aliphatic heterocycles. The number of nitrogens with zero attached hydrogens (tertiary/aromatic N) is 2. The first-order valence-corrected chi connectivity index (χ1v) is 7.71. The summed E-state index contributed by atoms with van der Waals surface area (Å²) in [5.74, 6) is 0.787. The van der Waals surface area contributed by atoms with Crippen LogP contribution in [0.3, 0.4) is 0 Å². The van der Waals surface area contributed by atoms with Crippen LogP contribution in [0.2, 0.25) is 0 Å². The number of imidazole rings is 1. The minimum absolute atomic E-state index is 0.236. The van der Waals surface area contributed by atoms with Crippen LogP contribution >= 0.6 is 45.5 Å². The first-order chi connectivity index (χ1) is 8.70. The van der Waals surface area contributed by atoms with Crippen molar-refractivity contribution >= 4 is 56.6 Å². The molecule has 0 radical (unpaired) electrons. The number of halogens is 3. The molecule has 92 valence electrons. The molecule has 18 heavy (non-hydrogen) atoms. The highest BCUT2D eigenvalue weighted by molar-refractivity contribution is 14.1. The van der Waals surface area contributed by atoms with Crippen molar-refractivity contribution in [2.75, 3.05) is 0 Å². The number of hydrogen-bond acceptors (Lipinski definition) is 2. The van der Waals surface area contributed by atoms with Gasteiger partial charge in [0.05, 0.1) is 26.2 Å². The van der Waals surface area contributed by atoms with Gasteiger partial charge >= 0.3 is 0 Å². The fourth-order valence-electron chi connectivity index (χ4n) is 1.88. The zero-order chi connectivity index (χ0) is 12.7. The largest absolute Gasteiger partial charge is 0.294 e. The highest BCUT2D eigenvalue weighted by Gasteiger charge is 2.14. The summed E-state index contributed by atoms with van der Waals surface area (Å²) < 4.78 is 16.2. The van der Waals surface area contributed by atoms with E-state index in [0.717, 1.165) is 22.5 Å². The van der Waals surface area contributed by atoms with E-state index in [9.17, 15) is 4.39 Å². The van der Waals surface area contributed by atoms with Crippen molar-refractivity contribution in [1.29, 1.82) is 0 Å². The Balaban J connectivity index is 2.37. The van der Waals surface area contributed by atoms with Gasteiger partial charge in [-0.3, -0.25) is 4.57 Å². The van der Waals surface area contributed by atoms with Crippen LogP contribution in [0.5, 0.6) is 0 Å². The van der Waals surface area contributed by atoms with E-state index in [1.54, 1.807) is 17.4 Å². The van der Waals surface area contributed by atoms with Gasteiger partial charge in [-0.15, -0.1) is 11.6 Å². The number of hydrogen-bond donors (Lipinski definition) is 0. The molecule has 0 aliphatic rings. The maximum atomic E-state index is 13.7. The summed E-state index contributed by atoms with van der Waals surface area (Å²) in [6.07, 6.45) is 0. The summed E-state index contributed by atoms with van der Waals surface area (Å²) in [6.45, 7) is 0. The summed E-state index contributed by atoms with van der Waals surface area (Å²) in [5.41, 5.74) is 2.49. The third-order valence-electron chi connectivity index (χ3n) is 2.65. The van der Waals surface area contributed by atoms with Gasteiger partial charge in [-0.05, 0) is 40.1 Å². The van der Waals surface area contributed by atoms with Crippen LogP contribution < -0.4 is 0 Å². The summed E-state index contributed by atoms with van der Waals surface area (Å²) in [5, 5.41) is 3.97. The average Bonchev–Trinajstić information content (AvgIpc) is 2.96. The summed E-state index contributed by atoms with van der Waals surface area (Å²) in [6, 6.07) is 5.22. The van der Waals surface area contributed by atoms with Crippen LogP contribution in [0.4, 0.5) is 4.39 Å². The van der Waals surface area contributed by atoms with Gasteiger partial charge in [-0.2, -0.15) is 11.3 Å². The first-order valence-electron chi connectivity index (χ1n) is 5.15. The van der Waals surface area contributed by atoms with Crippen LogP contribution in [0.15, 0.2) is 29.0 Å². The van der Waals surface area contributed by atoms with E-state index in [1.165, 1.54) is 6.07 Å². The molecule has 1 aromatic carbocycles. The monoisotopic (exact) mass is 392 g/mol. The number of thiophene rings is 1. The molecule has 2 nitrogen and oxygen atoms in total. The molecule has 0 spiro atoms. The van der Waals surface area contributed by atoms with Crippen molar-refractivity contribution in [3.05, 3.63) is 44.2 Å². The molecule has 0 saturated heterocycles. The van der Waals surface area contributed by atoms with Crippen molar-refractivity contribution in [3.8, 4) is 5.69 Å². The lowest BCUT2D eigenvalue weighted by Crippen LogP contribution is -1.97. The third-order valence-corrected chi connectivity index (χ3v) is 4.39. The Morgan fingerprint density at radius 3 is 2.94 bits per heavy atom. The van der Waals surface area contributed by atoms with Gasteiger partial charge in [0.2, 0.25) is 0 Å². The van der Waals surface area contributed by atoms with E-state index in [2.05, 4.69) is 4.98 Å². The third kappa shape index (κ3) is 1.94. The maximum absolute atomic E-state index is 13.7. The lowest BCUT2D eigenvalue weighted by Gasteiger charge is -2.04. The molecule has 3 aromatic rings. The molecule has 0 bridgehead atoms. The topological polar surface area (TPSA) is 17.8 Å². The number of fused-ring (bicyclic) bond motifs is 1. The van der Waals surface area contributed by atoms with Crippen LogP contribution in [0.25, 0.3) is 16.7 Å². The second-order valence-electron chi connectivity index (χ2n) is 3.73. The molecule has 2 heterocycles. The SMILES string of the molecule is Fc1cc2c(cc1I)nc(CCl)n2-c1ccsc1. The van der Waals surface area contributed by atoms with Gasteiger partial charge in [0.15, 0.2) is 0 Å². The van der Waals surface area contributed by atoms with Crippen molar-refractivity contribution in [2.24, 2.45) is 0 Å². The maximum Gasteiger partial charge on any atom is 0.138 e. The predicted molar refractivity (Wildman–Crippen MR) is 81.2 cm³/mol. The van der Waals surface area contributed by atoms with E-state index in [0.29, 0.717) is 9.45 Å². The molecule has 2 aromatic heterocycles. The second-order valence-corrected chi connectivity index (χ2v) is 5.94. The second kappa shape index (κ2) is 4.79. The van der Waals surface area contributed by atoms with Crippen molar-refractivity contribution in [1.82, 2.24) is 9.55 Å². The molecule has 0 amide bonds. The summed E-state index contributed by atoms with van der Waals surface area (Å²) in [4.78, 5) is 4.45. The molecule has 0 unspecified atom stereocenters. The highest BCUT2D eigenvalue weighted by atomic mass is 127. The molecule has 0 saturated carbocycles. The van der Waals surface area contributed by atoms with Crippen molar-refractivity contribution in [3.63, 3.8) is 0 Å². The van der Waals surface area contributed by atoms with Crippen molar-refractivity contribution in [2.45, 2.75) is 5.88 Å². The molecular formula is C12H7ClFIN2S. The van der Waals surface area contributed by atoms with Gasteiger partial charge in [0.1, 0.15) is 11.6 Å². The predicted octanol–water partition coefficient (Wildman–Crippen LogP) is 4.57. The average molecular weight is 393 g/mol. The van der Waals surface area contributed by atoms with E-state index in [-0.39, 0.29) is 5.82 Å². The van der Waals surface area contributed by atoms with E-state index in [1.807, 2.05) is 44.0 Å². The van der Waals surface area contributed by atoms with Crippen LogP contribution in [0, 0.1) is 9.39 Å². The molecule has 0 fully saturated rings. The smallest absolute Gasteiger partial charge is 0.138 e. The van der Waals surface area contributed by atoms with E-state index in [4.69, 9.17) is 11.6 Å². The molecule has 3 rings (SSSR count). The van der Waals surface area contributed by atoms with Gasteiger partial charge in [-0.1, -0.05) is 0 Å².